The highest BCUT2D eigenvalue weighted by molar-refractivity contribution is 5.76. The van der Waals surface area contributed by atoms with Gasteiger partial charge in [-0.1, -0.05) is 20.3 Å². The number of nitrogens with zero attached hydrogens (tertiary/aromatic N) is 2. The molecule has 1 saturated carbocycles. The standard InChI is InChI=1S/C18H35N3O2/c1-3-20(4-2)12-13-23-16-8-10-21(11-9-16)18(22)14-15-6-5-7-17(15)19/h15-17H,3-14,19H2,1-2H3/t15-,17+/m0/s1. The third kappa shape index (κ3) is 5.73. The SMILES string of the molecule is CCN(CC)CCOC1CCN(C(=O)C[C@@H]2CCC[C@H]2N)CC1. The van der Waals surface area contributed by atoms with Crippen LogP contribution in [0.2, 0.25) is 0 Å². The summed E-state index contributed by atoms with van der Waals surface area (Å²) in [6.07, 6.45) is 6.30. The van der Waals surface area contributed by atoms with E-state index in [9.17, 15) is 4.79 Å². The second-order valence-corrected chi connectivity index (χ2v) is 7.04. The first kappa shape index (κ1) is 18.7. The predicted octanol–water partition coefficient (Wildman–Crippen LogP) is 1.85. The molecule has 0 radical (unpaired) electrons. The molecule has 2 rings (SSSR count). The Hall–Kier alpha value is -0.650. The van der Waals surface area contributed by atoms with Gasteiger partial charge in [0.2, 0.25) is 5.91 Å². The summed E-state index contributed by atoms with van der Waals surface area (Å²) < 4.78 is 6.00. The molecule has 134 valence electrons. The minimum absolute atomic E-state index is 0.236. The van der Waals surface area contributed by atoms with Crippen molar-refractivity contribution in [3.8, 4) is 0 Å². The van der Waals surface area contributed by atoms with Gasteiger partial charge in [0.15, 0.2) is 0 Å². The number of carbonyl (C=O) groups is 1. The molecule has 0 unspecified atom stereocenters. The predicted molar refractivity (Wildman–Crippen MR) is 93.3 cm³/mol. The Bertz CT molecular complexity index is 352. The Balaban J connectivity index is 1.62. The lowest BCUT2D eigenvalue weighted by atomic mass is 9.98. The van der Waals surface area contributed by atoms with Gasteiger partial charge in [-0.25, -0.2) is 0 Å². The maximum Gasteiger partial charge on any atom is 0.222 e. The van der Waals surface area contributed by atoms with Crippen molar-refractivity contribution >= 4 is 5.91 Å². The topological polar surface area (TPSA) is 58.8 Å². The van der Waals surface area contributed by atoms with Crippen LogP contribution in [-0.2, 0) is 9.53 Å². The van der Waals surface area contributed by atoms with E-state index in [1.54, 1.807) is 0 Å². The molecule has 1 heterocycles. The summed E-state index contributed by atoms with van der Waals surface area (Å²) >= 11 is 0. The van der Waals surface area contributed by atoms with Crippen molar-refractivity contribution in [3.05, 3.63) is 0 Å². The molecule has 1 aliphatic heterocycles. The van der Waals surface area contributed by atoms with Gasteiger partial charge in [-0.2, -0.15) is 0 Å². The second-order valence-electron chi connectivity index (χ2n) is 7.04. The van der Waals surface area contributed by atoms with Crippen molar-refractivity contribution in [2.45, 2.75) is 64.5 Å². The highest BCUT2D eigenvalue weighted by Gasteiger charge is 2.29. The Labute approximate surface area is 141 Å². The molecule has 0 aromatic carbocycles. The zero-order valence-corrected chi connectivity index (χ0v) is 15.0. The zero-order chi connectivity index (χ0) is 16.7. The van der Waals surface area contributed by atoms with Gasteiger partial charge in [-0.3, -0.25) is 4.79 Å². The lowest BCUT2D eigenvalue weighted by Crippen LogP contribution is -2.42. The average molecular weight is 325 g/mol. The van der Waals surface area contributed by atoms with Gasteiger partial charge in [0.1, 0.15) is 0 Å². The van der Waals surface area contributed by atoms with Gasteiger partial charge in [-0.15, -0.1) is 0 Å². The third-order valence-corrected chi connectivity index (χ3v) is 5.60. The van der Waals surface area contributed by atoms with E-state index >= 15 is 0 Å². The first-order valence-electron chi connectivity index (χ1n) is 9.51. The van der Waals surface area contributed by atoms with Crippen LogP contribution in [0.15, 0.2) is 0 Å². The molecule has 0 aromatic heterocycles. The minimum atomic E-state index is 0.236. The summed E-state index contributed by atoms with van der Waals surface area (Å²) in [7, 11) is 0. The van der Waals surface area contributed by atoms with Crippen LogP contribution in [0.4, 0.5) is 0 Å². The second kappa shape index (κ2) is 9.60. The van der Waals surface area contributed by atoms with E-state index in [0.29, 0.717) is 24.3 Å². The van der Waals surface area contributed by atoms with Crippen LogP contribution in [0.5, 0.6) is 0 Å². The first-order valence-corrected chi connectivity index (χ1v) is 9.51. The number of hydrogen-bond donors (Lipinski definition) is 1. The number of likely N-dealkylation sites (N-methyl/N-ethyl adjacent to an activating group) is 1. The summed E-state index contributed by atoms with van der Waals surface area (Å²) in [6.45, 7) is 10.0. The Morgan fingerprint density at radius 2 is 1.87 bits per heavy atom. The van der Waals surface area contributed by atoms with Crippen LogP contribution in [0, 0.1) is 5.92 Å². The molecule has 0 aromatic rings. The number of amides is 1. The largest absolute Gasteiger partial charge is 0.377 e. The van der Waals surface area contributed by atoms with Gasteiger partial charge in [-0.05, 0) is 44.7 Å². The van der Waals surface area contributed by atoms with Crippen molar-refractivity contribution < 1.29 is 9.53 Å². The first-order chi connectivity index (χ1) is 11.1. The fourth-order valence-electron chi connectivity index (χ4n) is 3.83. The Kier molecular flexibility index (Phi) is 7.80. The maximum atomic E-state index is 12.4. The minimum Gasteiger partial charge on any atom is -0.377 e. The van der Waals surface area contributed by atoms with Crippen LogP contribution in [0.3, 0.4) is 0 Å². The van der Waals surface area contributed by atoms with Gasteiger partial charge < -0.3 is 20.3 Å². The lowest BCUT2D eigenvalue weighted by molar-refractivity contribution is -0.135. The van der Waals surface area contributed by atoms with Crippen molar-refractivity contribution in [2.75, 3.05) is 39.3 Å². The molecule has 1 amide bonds. The number of piperidine rings is 1. The molecular formula is C18H35N3O2. The van der Waals surface area contributed by atoms with Crippen molar-refractivity contribution in [2.24, 2.45) is 11.7 Å². The number of ether oxygens (including phenoxy) is 1. The summed E-state index contributed by atoms with van der Waals surface area (Å²) in [6, 6.07) is 0.236. The van der Waals surface area contributed by atoms with Crippen LogP contribution in [0.25, 0.3) is 0 Å². The van der Waals surface area contributed by atoms with Crippen LogP contribution in [-0.4, -0.2) is 67.2 Å². The van der Waals surface area contributed by atoms with Crippen LogP contribution < -0.4 is 5.73 Å². The Morgan fingerprint density at radius 1 is 1.17 bits per heavy atom. The number of rotatable bonds is 8. The molecule has 0 bridgehead atoms. The lowest BCUT2D eigenvalue weighted by Gasteiger charge is -2.33. The molecule has 2 atom stereocenters. The van der Waals surface area contributed by atoms with Crippen molar-refractivity contribution in [1.29, 1.82) is 0 Å². The van der Waals surface area contributed by atoms with Gasteiger partial charge in [0.25, 0.3) is 0 Å². The quantitative estimate of drug-likeness (QED) is 0.740. The number of likely N-dealkylation sites (tertiary alicyclic amines) is 1. The molecule has 2 fully saturated rings. The van der Waals surface area contributed by atoms with Crippen LogP contribution in [0.1, 0.15) is 52.4 Å². The van der Waals surface area contributed by atoms with Gasteiger partial charge in [0, 0.05) is 32.1 Å². The molecule has 5 nitrogen and oxygen atoms in total. The molecular weight excluding hydrogens is 290 g/mol. The van der Waals surface area contributed by atoms with E-state index in [4.69, 9.17) is 10.5 Å². The van der Waals surface area contributed by atoms with E-state index in [1.807, 2.05) is 4.90 Å². The molecule has 1 saturated heterocycles. The zero-order valence-electron chi connectivity index (χ0n) is 15.0. The number of nitrogens with two attached hydrogens (primary N) is 1. The smallest absolute Gasteiger partial charge is 0.222 e. The van der Waals surface area contributed by atoms with E-state index in [1.165, 1.54) is 6.42 Å². The summed E-state index contributed by atoms with van der Waals surface area (Å²) in [5.74, 6) is 0.708. The summed E-state index contributed by atoms with van der Waals surface area (Å²) in [5, 5.41) is 0. The van der Waals surface area contributed by atoms with Gasteiger partial charge >= 0.3 is 0 Å². The van der Waals surface area contributed by atoms with E-state index in [-0.39, 0.29) is 6.04 Å². The maximum absolute atomic E-state index is 12.4. The van der Waals surface area contributed by atoms with Crippen LogP contribution >= 0.6 is 0 Å². The monoisotopic (exact) mass is 325 g/mol. The summed E-state index contributed by atoms with van der Waals surface area (Å²) in [4.78, 5) is 16.8. The molecule has 2 aliphatic rings. The van der Waals surface area contributed by atoms with E-state index in [0.717, 1.165) is 65.0 Å². The molecule has 1 aliphatic carbocycles. The fourth-order valence-corrected chi connectivity index (χ4v) is 3.83. The molecule has 5 heteroatoms. The van der Waals surface area contributed by atoms with Gasteiger partial charge in [0.05, 0.1) is 12.7 Å². The fraction of sp³-hybridized carbons (Fsp3) is 0.944. The molecule has 23 heavy (non-hydrogen) atoms. The third-order valence-electron chi connectivity index (χ3n) is 5.60. The highest BCUT2D eigenvalue weighted by atomic mass is 16.5. The molecule has 0 spiro atoms. The normalized spacial score (nSPS) is 26.2. The Morgan fingerprint density at radius 3 is 2.43 bits per heavy atom. The summed E-state index contributed by atoms with van der Waals surface area (Å²) in [5.41, 5.74) is 6.09. The van der Waals surface area contributed by atoms with E-state index < -0.39 is 0 Å². The average Bonchev–Trinajstić information content (AvgIpc) is 2.97. The van der Waals surface area contributed by atoms with Crippen molar-refractivity contribution in [1.82, 2.24) is 9.80 Å². The molecule has 2 N–H and O–H groups in total. The number of hydrogen-bond acceptors (Lipinski definition) is 4. The number of carbonyl (C=O) groups excluding carboxylic acids is 1. The van der Waals surface area contributed by atoms with E-state index in [2.05, 4.69) is 18.7 Å². The highest BCUT2D eigenvalue weighted by Crippen LogP contribution is 2.28. The van der Waals surface area contributed by atoms with Crippen molar-refractivity contribution in [3.63, 3.8) is 0 Å².